The quantitative estimate of drug-likeness (QED) is 0.501. The van der Waals surface area contributed by atoms with E-state index >= 15 is 0 Å². The van der Waals surface area contributed by atoms with E-state index in [0.717, 1.165) is 6.61 Å². The second-order valence-corrected chi connectivity index (χ2v) is 2.04. The highest BCUT2D eigenvalue weighted by atomic mass is 16.5. The van der Waals surface area contributed by atoms with E-state index in [4.69, 9.17) is 4.74 Å². The standard InChI is InChI=1S/C6H12O.H2O/c1-2-6-4-3-5-7-6;/h6H,2-5H2,1H3;1H2. The van der Waals surface area contributed by atoms with Gasteiger partial charge in [0.1, 0.15) is 0 Å². The van der Waals surface area contributed by atoms with E-state index in [0.29, 0.717) is 6.10 Å². The van der Waals surface area contributed by atoms with Crippen LogP contribution in [0.2, 0.25) is 0 Å². The SMILES string of the molecule is CCC1CCCO1.O. The van der Waals surface area contributed by atoms with E-state index in [1.807, 2.05) is 0 Å². The van der Waals surface area contributed by atoms with E-state index in [9.17, 15) is 0 Å². The minimum Gasteiger partial charge on any atom is -0.412 e. The second-order valence-electron chi connectivity index (χ2n) is 2.04. The van der Waals surface area contributed by atoms with Gasteiger partial charge in [0, 0.05) is 6.61 Å². The van der Waals surface area contributed by atoms with Gasteiger partial charge in [-0.15, -0.1) is 0 Å². The third kappa shape index (κ3) is 1.80. The Labute approximate surface area is 50.2 Å². The zero-order valence-electron chi connectivity index (χ0n) is 5.31. The van der Waals surface area contributed by atoms with E-state index in [-0.39, 0.29) is 5.48 Å². The number of rotatable bonds is 1. The average molecular weight is 118 g/mol. The summed E-state index contributed by atoms with van der Waals surface area (Å²) in [6.07, 6.45) is 4.36. The molecule has 50 valence electrons. The van der Waals surface area contributed by atoms with Crippen LogP contribution < -0.4 is 0 Å². The Morgan fingerprint density at radius 2 is 2.38 bits per heavy atom. The summed E-state index contributed by atoms with van der Waals surface area (Å²) in [4.78, 5) is 0. The van der Waals surface area contributed by atoms with Crippen LogP contribution in [0, 0.1) is 0 Å². The van der Waals surface area contributed by atoms with E-state index in [1.54, 1.807) is 0 Å². The molecular weight excluding hydrogens is 104 g/mol. The lowest BCUT2D eigenvalue weighted by molar-refractivity contribution is 0.108. The molecule has 0 amide bonds. The predicted molar refractivity (Wildman–Crippen MR) is 32.9 cm³/mol. The minimum atomic E-state index is 0. The number of hydrogen-bond donors (Lipinski definition) is 0. The van der Waals surface area contributed by atoms with Crippen LogP contribution in [0.4, 0.5) is 0 Å². The lowest BCUT2D eigenvalue weighted by Crippen LogP contribution is -2.00. The molecule has 1 unspecified atom stereocenters. The van der Waals surface area contributed by atoms with E-state index in [2.05, 4.69) is 6.92 Å². The Morgan fingerprint density at radius 1 is 1.62 bits per heavy atom. The second kappa shape index (κ2) is 3.87. The van der Waals surface area contributed by atoms with Gasteiger partial charge in [0.05, 0.1) is 6.10 Å². The van der Waals surface area contributed by atoms with Crippen LogP contribution in [-0.2, 0) is 4.74 Å². The first kappa shape index (κ1) is 7.92. The van der Waals surface area contributed by atoms with Crippen molar-refractivity contribution in [3.63, 3.8) is 0 Å². The zero-order chi connectivity index (χ0) is 5.11. The van der Waals surface area contributed by atoms with Crippen molar-refractivity contribution in [2.24, 2.45) is 0 Å². The molecule has 1 aliphatic heterocycles. The maximum atomic E-state index is 5.30. The zero-order valence-corrected chi connectivity index (χ0v) is 5.31. The third-order valence-corrected chi connectivity index (χ3v) is 1.48. The van der Waals surface area contributed by atoms with Crippen LogP contribution in [0.5, 0.6) is 0 Å². The van der Waals surface area contributed by atoms with Crippen molar-refractivity contribution in [2.45, 2.75) is 32.3 Å². The minimum absolute atomic E-state index is 0. The first-order chi connectivity index (χ1) is 3.43. The summed E-state index contributed by atoms with van der Waals surface area (Å²) in [5, 5.41) is 0. The summed E-state index contributed by atoms with van der Waals surface area (Å²) in [6.45, 7) is 3.18. The van der Waals surface area contributed by atoms with Crippen LogP contribution >= 0.6 is 0 Å². The summed E-state index contributed by atoms with van der Waals surface area (Å²) in [6, 6.07) is 0. The Kier molecular flexibility index (Phi) is 3.83. The molecule has 0 aromatic heterocycles. The van der Waals surface area contributed by atoms with Crippen LogP contribution in [0.15, 0.2) is 0 Å². The van der Waals surface area contributed by atoms with E-state index < -0.39 is 0 Å². The molecule has 2 N–H and O–H groups in total. The molecule has 0 saturated carbocycles. The molecule has 0 bridgehead atoms. The van der Waals surface area contributed by atoms with Gasteiger partial charge < -0.3 is 10.2 Å². The number of ether oxygens (including phenoxy) is 1. The van der Waals surface area contributed by atoms with Gasteiger partial charge in [-0.2, -0.15) is 0 Å². The molecule has 1 atom stereocenters. The first-order valence-electron chi connectivity index (χ1n) is 3.05. The molecule has 1 saturated heterocycles. The number of hydrogen-bond acceptors (Lipinski definition) is 1. The average Bonchev–Trinajstić information content (AvgIpc) is 2.14. The fourth-order valence-corrected chi connectivity index (χ4v) is 0.966. The largest absolute Gasteiger partial charge is 0.412 e. The Hall–Kier alpha value is -0.0800. The van der Waals surface area contributed by atoms with Crippen molar-refractivity contribution in [1.82, 2.24) is 0 Å². The fourth-order valence-electron chi connectivity index (χ4n) is 0.966. The maximum absolute atomic E-state index is 5.30. The summed E-state index contributed by atoms with van der Waals surface area (Å²) >= 11 is 0. The van der Waals surface area contributed by atoms with Gasteiger partial charge in [-0.05, 0) is 19.3 Å². The van der Waals surface area contributed by atoms with Gasteiger partial charge in [-0.1, -0.05) is 6.92 Å². The van der Waals surface area contributed by atoms with Gasteiger partial charge in [0.2, 0.25) is 0 Å². The Balaban J connectivity index is 0.000000490. The molecular formula is C6H14O2. The summed E-state index contributed by atoms with van der Waals surface area (Å²) in [5.41, 5.74) is 0. The van der Waals surface area contributed by atoms with Gasteiger partial charge >= 0.3 is 0 Å². The lowest BCUT2D eigenvalue weighted by atomic mass is 10.2. The molecule has 2 heteroatoms. The van der Waals surface area contributed by atoms with Gasteiger partial charge in [0.15, 0.2) is 0 Å². The maximum Gasteiger partial charge on any atom is 0.0573 e. The molecule has 1 fully saturated rings. The highest BCUT2D eigenvalue weighted by Crippen LogP contribution is 2.13. The fraction of sp³-hybridized carbons (Fsp3) is 1.00. The third-order valence-electron chi connectivity index (χ3n) is 1.48. The Bertz CT molecular complexity index is 48.5. The topological polar surface area (TPSA) is 40.7 Å². The van der Waals surface area contributed by atoms with Crippen molar-refractivity contribution in [1.29, 1.82) is 0 Å². The molecule has 1 rings (SSSR count). The van der Waals surface area contributed by atoms with Crippen LogP contribution in [0.25, 0.3) is 0 Å². The highest BCUT2D eigenvalue weighted by Gasteiger charge is 2.11. The Morgan fingerprint density at radius 3 is 2.62 bits per heavy atom. The van der Waals surface area contributed by atoms with Gasteiger partial charge in [0.25, 0.3) is 0 Å². The van der Waals surface area contributed by atoms with Crippen molar-refractivity contribution in [3.05, 3.63) is 0 Å². The monoisotopic (exact) mass is 118 g/mol. The molecule has 1 heterocycles. The molecule has 8 heavy (non-hydrogen) atoms. The first-order valence-corrected chi connectivity index (χ1v) is 3.05. The normalized spacial score (nSPS) is 27.4. The molecule has 0 aromatic rings. The summed E-state index contributed by atoms with van der Waals surface area (Å²) < 4.78 is 5.30. The summed E-state index contributed by atoms with van der Waals surface area (Å²) in [5.74, 6) is 0. The molecule has 0 aliphatic carbocycles. The van der Waals surface area contributed by atoms with Crippen LogP contribution in [0.1, 0.15) is 26.2 Å². The molecule has 0 spiro atoms. The van der Waals surface area contributed by atoms with Crippen LogP contribution in [-0.4, -0.2) is 18.2 Å². The van der Waals surface area contributed by atoms with Crippen molar-refractivity contribution in [2.75, 3.05) is 6.61 Å². The van der Waals surface area contributed by atoms with Crippen molar-refractivity contribution >= 4 is 0 Å². The predicted octanol–water partition coefficient (Wildman–Crippen LogP) is 0.751. The van der Waals surface area contributed by atoms with Gasteiger partial charge in [-0.25, -0.2) is 0 Å². The molecule has 0 aromatic carbocycles. The van der Waals surface area contributed by atoms with Gasteiger partial charge in [-0.3, -0.25) is 0 Å². The van der Waals surface area contributed by atoms with Crippen molar-refractivity contribution < 1.29 is 10.2 Å². The highest BCUT2D eigenvalue weighted by molar-refractivity contribution is 4.60. The smallest absolute Gasteiger partial charge is 0.0573 e. The summed E-state index contributed by atoms with van der Waals surface area (Å²) in [7, 11) is 0. The van der Waals surface area contributed by atoms with Crippen molar-refractivity contribution in [3.8, 4) is 0 Å². The molecule has 0 radical (unpaired) electrons. The lowest BCUT2D eigenvalue weighted by Gasteiger charge is -2.01. The molecule has 2 nitrogen and oxygen atoms in total. The van der Waals surface area contributed by atoms with Crippen LogP contribution in [0.3, 0.4) is 0 Å². The molecule has 1 aliphatic rings. The van der Waals surface area contributed by atoms with E-state index in [1.165, 1.54) is 19.3 Å².